The first-order valence-corrected chi connectivity index (χ1v) is 11.7. The zero-order valence-corrected chi connectivity index (χ0v) is 19.1. The van der Waals surface area contributed by atoms with E-state index >= 15 is 0 Å². The van der Waals surface area contributed by atoms with E-state index in [0.717, 1.165) is 62.2 Å². The molecule has 30 heavy (non-hydrogen) atoms. The quantitative estimate of drug-likeness (QED) is 0.722. The summed E-state index contributed by atoms with van der Waals surface area (Å²) in [7, 11) is 2.15. The molecular formula is C23H39N7. The molecule has 2 aliphatic heterocycles. The van der Waals surface area contributed by atoms with Gasteiger partial charge in [0.1, 0.15) is 17.3 Å². The van der Waals surface area contributed by atoms with Crippen molar-refractivity contribution < 1.29 is 0 Å². The van der Waals surface area contributed by atoms with Gasteiger partial charge in [-0.25, -0.2) is 9.97 Å². The molecule has 2 aromatic rings. The molecule has 0 spiro atoms. The van der Waals surface area contributed by atoms with E-state index in [1.165, 1.54) is 44.9 Å². The number of anilines is 2. The third-order valence-corrected chi connectivity index (χ3v) is 5.94. The predicted molar refractivity (Wildman–Crippen MR) is 125 cm³/mol. The molecular weight excluding hydrogens is 374 g/mol. The number of likely N-dealkylation sites (N-methyl/N-ethyl adjacent to an activating group) is 1. The number of rotatable bonds is 6. The van der Waals surface area contributed by atoms with Crippen LogP contribution in [0.1, 0.15) is 64.6 Å². The van der Waals surface area contributed by atoms with E-state index in [1.807, 2.05) is 6.07 Å². The predicted octanol–water partition coefficient (Wildman–Crippen LogP) is 3.99. The SMILES string of the molecule is CCCCCCC.CN1CCN(c2cc(-c3cn4c(n3)CCCC4)nc(N)n2)CC1. The summed E-state index contributed by atoms with van der Waals surface area (Å²) in [5.41, 5.74) is 7.69. The molecule has 0 unspecified atom stereocenters. The Bertz CT molecular complexity index is 750. The number of imidazole rings is 1. The van der Waals surface area contributed by atoms with E-state index in [4.69, 9.17) is 10.7 Å². The Balaban J connectivity index is 0.000000318. The fourth-order valence-electron chi connectivity index (χ4n) is 3.99. The van der Waals surface area contributed by atoms with Crippen molar-refractivity contribution in [3.8, 4) is 11.4 Å². The van der Waals surface area contributed by atoms with Gasteiger partial charge in [0.05, 0.1) is 5.69 Å². The van der Waals surface area contributed by atoms with Crippen molar-refractivity contribution in [2.24, 2.45) is 0 Å². The molecule has 0 saturated carbocycles. The van der Waals surface area contributed by atoms with Crippen LogP contribution in [0.25, 0.3) is 11.4 Å². The molecule has 7 nitrogen and oxygen atoms in total. The van der Waals surface area contributed by atoms with Gasteiger partial charge in [0, 0.05) is 51.4 Å². The van der Waals surface area contributed by atoms with Crippen molar-refractivity contribution in [1.29, 1.82) is 0 Å². The second kappa shape index (κ2) is 11.3. The van der Waals surface area contributed by atoms with Crippen LogP contribution in [0.3, 0.4) is 0 Å². The zero-order chi connectivity index (χ0) is 21.3. The molecule has 2 aliphatic rings. The van der Waals surface area contributed by atoms with E-state index in [-0.39, 0.29) is 0 Å². The van der Waals surface area contributed by atoms with Crippen LogP contribution >= 0.6 is 0 Å². The number of nitrogens with two attached hydrogens (primary N) is 1. The van der Waals surface area contributed by atoms with E-state index in [1.54, 1.807) is 0 Å². The van der Waals surface area contributed by atoms with Gasteiger partial charge >= 0.3 is 0 Å². The zero-order valence-electron chi connectivity index (χ0n) is 19.1. The van der Waals surface area contributed by atoms with Crippen molar-refractivity contribution in [1.82, 2.24) is 24.4 Å². The Kier molecular flexibility index (Phi) is 8.49. The van der Waals surface area contributed by atoms with Crippen LogP contribution in [0, 0.1) is 0 Å². The van der Waals surface area contributed by atoms with Crippen LogP contribution in [0.2, 0.25) is 0 Å². The number of unbranched alkanes of at least 4 members (excludes halogenated alkanes) is 4. The number of hydrogen-bond acceptors (Lipinski definition) is 6. The lowest BCUT2D eigenvalue weighted by Crippen LogP contribution is -2.44. The van der Waals surface area contributed by atoms with Gasteiger partial charge in [-0.2, -0.15) is 4.98 Å². The summed E-state index contributed by atoms with van der Waals surface area (Å²) in [4.78, 5) is 18.2. The molecule has 2 N–H and O–H groups in total. The number of piperazine rings is 1. The smallest absolute Gasteiger partial charge is 0.222 e. The van der Waals surface area contributed by atoms with Crippen molar-refractivity contribution in [2.75, 3.05) is 43.9 Å². The number of fused-ring (bicyclic) bond motifs is 1. The van der Waals surface area contributed by atoms with Crippen LogP contribution in [0.5, 0.6) is 0 Å². The molecule has 7 heteroatoms. The van der Waals surface area contributed by atoms with Crippen LogP contribution in [0.15, 0.2) is 12.3 Å². The maximum absolute atomic E-state index is 5.96. The third kappa shape index (κ3) is 6.17. The molecule has 2 aromatic heterocycles. The van der Waals surface area contributed by atoms with Gasteiger partial charge in [-0.1, -0.05) is 46.0 Å². The van der Waals surface area contributed by atoms with Crippen LogP contribution in [0.4, 0.5) is 11.8 Å². The maximum Gasteiger partial charge on any atom is 0.222 e. The van der Waals surface area contributed by atoms with Gasteiger partial charge < -0.3 is 20.1 Å². The van der Waals surface area contributed by atoms with Crippen LogP contribution < -0.4 is 10.6 Å². The molecule has 0 aromatic carbocycles. The van der Waals surface area contributed by atoms with E-state index < -0.39 is 0 Å². The first-order valence-electron chi connectivity index (χ1n) is 11.7. The van der Waals surface area contributed by atoms with Gasteiger partial charge in [0.2, 0.25) is 5.95 Å². The molecule has 0 bridgehead atoms. The lowest BCUT2D eigenvalue weighted by Gasteiger charge is -2.33. The molecule has 4 rings (SSSR count). The molecule has 0 aliphatic carbocycles. The Hall–Kier alpha value is -2.15. The molecule has 0 atom stereocenters. The average Bonchev–Trinajstić information content (AvgIpc) is 3.19. The summed E-state index contributed by atoms with van der Waals surface area (Å²) in [5.74, 6) is 2.39. The van der Waals surface area contributed by atoms with Crippen molar-refractivity contribution in [3.63, 3.8) is 0 Å². The standard InChI is InChI=1S/C16H23N7.C7H16/c1-21-6-8-22(9-7-21)15-10-12(19-16(17)20-15)13-11-23-5-3-2-4-14(23)18-13;1-3-5-7-6-4-2/h10-11H,2-9H2,1H3,(H2,17,19,20);3-7H2,1-2H3. The van der Waals surface area contributed by atoms with Crippen molar-refractivity contribution in [3.05, 3.63) is 18.1 Å². The summed E-state index contributed by atoms with van der Waals surface area (Å²) in [6, 6.07) is 2.02. The highest BCUT2D eigenvalue weighted by molar-refractivity contribution is 5.61. The average molecular weight is 414 g/mol. The summed E-state index contributed by atoms with van der Waals surface area (Å²) in [5, 5.41) is 0. The van der Waals surface area contributed by atoms with Gasteiger partial charge in [-0.05, 0) is 19.9 Å². The van der Waals surface area contributed by atoms with E-state index in [9.17, 15) is 0 Å². The molecule has 166 valence electrons. The Morgan fingerprint density at radius 3 is 2.27 bits per heavy atom. The van der Waals surface area contributed by atoms with Gasteiger partial charge in [0.15, 0.2) is 0 Å². The fraction of sp³-hybridized carbons (Fsp3) is 0.696. The highest BCUT2D eigenvalue weighted by atomic mass is 15.3. The minimum atomic E-state index is 0.322. The second-order valence-electron chi connectivity index (χ2n) is 8.51. The number of aromatic nitrogens is 4. The molecule has 0 amide bonds. The number of nitrogen functional groups attached to an aromatic ring is 1. The minimum absolute atomic E-state index is 0.322. The highest BCUT2D eigenvalue weighted by Gasteiger charge is 2.19. The highest BCUT2D eigenvalue weighted by Crippen LogP contribution is 2.25. The third-order valence-electron chi connectivity index (χ3n) is 5.94. The maximum atomic E-state index is 5.96. The Morgan fingerprint density at radius 1 is 0.867 bits per heavy atom. The lowest BCUT2D eigenvalue weighted by atomic mass is 10.2. The topological polar surface area (TPSA) is 76.1 Å². The fourth-order valence-corrected chi connectivity index (χ4v) is 3.99. The normalized spacial score (nSPS) is 16.7. The van der Waals surface area contributed by atoms with Gasteiger partial charge in [-0.3, -0.25) is 0 Å². The second-order valence-corrected chi connectivity index (χ2v) is 8.51. The number of hydrogen-bond donors (Lipinski definition) is 1. The van der Waals surface area contributed by atoms with Crippen molar-refractivity contribution >= 4 is 11.8 Å². The number of nitrogens with zero attached hydrogens (tertiary/aromatic N) is 6. The first-order chi connectivity index (χ1) is 14.6. The Morgan fingerprint density at radius 2 is 1.60 bits per heavy atom. The first kappa shape index (κ1) is 22.5. The van der Waals surface area contributed by atoms with E-state index in [0.29, 0.717) is 5.95 Å². The van der Waals surface area contributed by atoms with Crippen LogP contribution in [-0.2, 0) is 13.0 Å². The molecule has 0 radical (unpaired) electrons. The molecule has 1 saturated heterocycles. The van der Waals surface area contributed by atoms with Crippen molar-refractivity contribution in [2.45, 2.75) is 71.8 Å². The monoisotopic (exact) mass is 413 g/mol. The molecule has 1 fully saturated rings. The van der Waals surface area contributed by atoms with Crippen LogP contribution in [-0.4, -0.2) is 57.6 Å². The summed E-state index contributed by atoms with van der Waals surface area (Å²) < 4.78 is 2.24. The van der Waals surface area contributed by atoms with E-state index in [2.05, 4.69) is 51.4 Å². The minimum Gasteiger partial charge on any atom is -0.368 e. The summed E-state index contributed by atoms with van der Waals surface area (Å²) >= 11 is 0. The van der Waals surface area contributed by atoms with Gasteiger partial charge in [0.25, 0.3) is 0 Å². The summed E-state index contributed by atoms with van der Waals surface area (Å²) in [6.07, 6.45) is 12.6. The largest absolute Gasteiger partial charge is 0.368 e. The number of aryl methyl sites for hydroxylation is 2. The lowest BCUT2D eigenvalue weighted by molar-refractivity contribution is 0.312. The van der Waals surface area contributed by atoms with Gasteiger partial charge in [-0.15, -0.1) is 0 Å². The Labute approximate surface area is 181 Å². The summed E-state index contributed by atoms with van der Waals surface area (Å²) in [6.45, 7) is 9.55. The molecule has 4 heterocycles.